The van der Waals surface area contributed by atoms with Gasteiger partial charge in [-0.05, 0) is 66.3 Å². The number of alkyl halides is 3. The van der Waals surface area contributed by atoms with Crippen LogP contribution in [0.1, 0.15) is 58.8 Å². The van der Waals surface area contributed by atoms with Crippen LogP contribution >= 0.6 is 0 Å². The molecule has 0 aliphatic rings. The first-order valence-corrected chi connectivity index (χ1v) is 15.1. The predicted molar refractivity (Wildman–Crippen MR) is 166 cm³/mol. The van der Waals surface area contributed by atoms with E-state index in [0.717, 1.165) is 59.8 Å². The van der Waals surface area contributed by atoms with E-state index >= 15 is 0 Å². The molecular formula is C35H40F3N3O3. The van der Waals surface area contributed by atoms with Gasteiger partial charge in [0.25, 0.3) is 5.91 Å². The van der Waals surface area contributed by atoms with Crippen molar-refractivity contribution in [3.63, 3.8) is 0 Å². The molecule has 0 atom stereocenters. The van der Waals surface area contributed by atoms with Gasteiger partial charge in [0.1, 0.15) is 6.54 Å². The molecule has 0 spiro atoms. The largest absolute Gasteiger partial charge is 0.416 e. The highest BCUT2D eigenvalue weighted by atomic mass is 19.4. The normalized spacial score (nSPS) is 11.6. The summed E-state index contributed by atoms with van der Waals surface area (Å²) in [6.45, 7) is 2.87. The average Bonchev–Trinajstić information content (AvgIpc) is 3.44. The standard InChI is InChI=1S/C35H40F3N3O3/c1-3-4-5-8-26-11-15-28(16-12-26)34(43)41(21-22-44-2)25-33(42)40(24-27-13-17-30(18-14-27)35(36,37)38)20-19-29-23-39-32-10-7-6-9-31(29)32/h6-7,9-18,23,39H,3-5,8,19-22,24-25H2,1-2H3. The minimum Gasteiger partial charge on any atom is -0.383 e. The minimum atomic E-state index is -4.45. The summed E-state index contributed by atoms with van der Waals surface area (Å²) in [6, 6.07) is 20.2. The van der Waals surface area contributed by atoms with Crippen LogP contribution in [0.4, 0.5) is 13.2 Å². The Bertz CT molecular complexity index is 1500. The van der Waals surface area contributed by atoms with Crippen LogP contribution in [0.15, 0.2) is 79.0 Å². The van der Waals surface area contributed by atoms with Crippen molar-refractivity contribution in [1.82, 2.24) is 14.8 Å². The number of hydrogen-bond donors (Lipinski definition) is 1. The molecule has 234 valence electrons. The first kappa shape index (κ1) is 32.8. The number of carbonyl (C=O) groups excluding carboxylic acids is 2. The van der Waals surface area contributed by atoms with Crippen LogP contribution in [-0.4, -0.2) is 59.9 Å². The summed E-state index contributed by atoms with van der Waals surface area (Å²) < 4.78 is 44.7. The van der Waals surface area contributed by atoms with E-state index in [-0.39, 0.29) is 38.1 Å². The third-order valence-electron chi connectivity index (χ3n) is 7.78. The topological polar surface area (TPSA) is 65.6 Å². The fourth-order valence-electron chi connectivity index (χ4n) is 5.20. The molecule has 6 nitrogen and oxygen atoms in total. The molecule has 1 aromatic heterocycles. The van der Waals surface area contributed by atoms with Crippen molar-refractivity contribution in [3.8, 4) is 0 Å². The number of carbonyl (C=O) groups is 2. The molecule has 4 aromatic rings. The van der Waals surface area contributed by atoms with Gasteiger partial charge in [0, 0.05) is 49.4 Å². The van der Waals surface area contributed by atoms with Crippen LogP contribution in [0.3, 0.4) is 0 Å². The minimum absolute atomic E-state index is 0.109. The molecule has 0 saturated carbocycles. The summed E-state index contributed by atoms with van der Waals surface area (Å²) in [5.41, 5.74) is 3.48. The lowest BCUT2D eigenvalue weighted by molar-refractivity contribution is -0.137. The number of rotatable bonds is 15. The van der Waals surface area contributed by atoms with E-state index in [1.807, 2.05) is 42.6 Å². The van der Waals surface area contributed by atoms with Crippen LogP contribution in [0.5, 0.6) is 0 Å². The molecule has 1 N–H and O–H groups in total. The quantitative estimate of drug-likeness (QED) is 0.145. The molecular weight excluding hydrogens is 567 g/mol. The molecule has 3 aromatic carbocycles. The third kappa shape index (κ3) is 8.95. The number of nitrogens with zero attached hydrogens (tertiary/aromatic N) is 2. The molecule has 9 heteroatoms. The highest BCUT2D eigenvalue weighted by Crippen LogP contribution is 2.29. The van der Waals surface area contributed by atoms with Gasteiger partial charge >= 0.3 is 6.18 Å². The number of amides is 2. The fraction of sp³-hybridized carbons (Fsp3) is 0.371. The molecule has 2 amide bonds. The average molecular weight is 608 g/mol. The van der Waals surface area contributed by atoms with Gasteiger partial charge in [0.2, 0.25) is 5.91 Å². The summed E-state index contributed by atoms with van der Waals surface area (Å²) in [5, 5.41) is 1.05. The smallest absolute Gasteiger partial charge is 0.383 e. The number of nitrogens with one attached hydrogen (secondary N) is 1. The molecule has 0 aliphatic carbocycles. The van der Waals surface area contributed by atoms with E-state index < -0.39 is 11.7 Å². The lowest BCUT2D eigenvalue weighted by atomic mass is 10.0. The van der Waals surface area contributed by atoms with Gasteiger partial charge in [0.15, 0.2) is 0 Å². The van der Waals surface area contributed by atoms with Crippen LogP contribution in [0.2, 0.25) is 0 Å². The number of aryl methyl sites for hydroxylation is 1. The Kier molecular flexibility index (Phi) is 11.6. The van der Waals surface area contributed by atoms with Crippen molar-refractivity contribution >= 4 is 22.7 Å². The lowest BCUT2D eigenvalue weighted by Gasteiger charge is -2.28. The van der Waals surface area contributed by atoms with E-state index in [9.17, 15) is 22.8 Å². The summed E-state index contributed by atoms with van der Waals surface area (Å²) in [7, 11) is 1.54. The van der Waals surface area contributed by atoms with Crippen molar-refractivity contribution < 1.29 is 27.5 Å². The van der Waals surface area contributed by atoms with Gasteiger partial charge in [-0.2, -0.15) is 13.2 Å². The number of benzene rings is 3. The number of para-hydroxylation sites is 1. The van der Waals surface area contributed by atoms with Crippen LogP contribution < -0.4 is 0 Å². The molecule has 0 aliphatic heterocycles. The van der Waals surface area contributed by atoms with Crippen LogP contribution in [-0.2, 0) is 35.1 Å². The maximum absolute atomic E-state index is 13.8. The SMILES string of the molecule is CCCCCc1ccc(C(=O)N(CCOC)CC(=O)N(CCc2c[nH]c3ccccc23)Cc2ccc(C(F)(F)F)cc2)cc1. The summed E-state index contributed by atoms with van der Waals surface area (Å²) >= 11 is 0. The molecule has 0 saturated heterocycles. The highest BCUT2D eigenvalue weighted by Gasteiger charge is 2.30. The van der Waals surface area contributed by atoms with Crippen LogP contribution in [0, 0.1) is 0 Å². The first-order valence-electron chi connectivity index (χ1n) is 15.1. The molecule has 4 rings (SSSR count). The molecule has 0 unspecified atom stereocenters. The van der Waals surface area contributed by atoms with Gasteiger partial charge in [-0.3, -0.25) is 9.59 Å². The molecule has 44 heavy (non-hydrogen) atoms. The van der Waals surface area contributed by atoms with E-state index in [4.69, 9.17) is 4.74 Å². The Morgan fingerprint density at radius 2 is 1.55 bits per heavy atom. The van der Waals surface area contributed by atoms with Crippen molar-refractivity contribution in [3.05, 3.63) is 107 Å². The molecule has 0 radical (unpaired) electrons. The van der Waals surface area contributed by atoms with Crippen molar-refractivity contribution in [2.45, 2.75) is 51.7 Å². The second kappa shape index (κ2) is 15.6. The zero-order chi connectivity index (χ0) is 31.5. The molecule has 1 heterocycles. The van der Waals surface area contributed by atoms with Gasteiger partial charge in [-0.15, -0.1) is 0 Å². The molecule has 0 bridgehead atoms. The maximum Gasteiger partial charge on any atom is 0.416 e. The second-order valence-corrected chi connectivity index (χ2v) is 11.0. The zero-order valence-corrected chi connectivity index (χ0v) is 25.3. The van der Waals surface area contributed by atoms with Crippen molar-refractivity contribution in [2.24, 2.45) is 0 Å². The summed E-state index contributed by atoms with van der Waals surface area (Å²) in [5.74, 6) is -0.577. The summed E-state index contributed by atoms with van der Waals surface area (Å²) in [6.07, 6.45) is 2.32. The zero-order valence-electron chi connectivity index (χ0n) is 25.3. The summed E-state index contributed by atoms with van der Waals surface area (Å²) in [4.78, 5) is 33.7. The number of methoxy groups -OCH3 is 1. The van der Waals surface area contributed by atoms with E-state index in [0.29, 0.717) is 24.1 Å². The Balaban J connectivity index is 1.52. The van der Waals surface area contributed by atoms with Crippen molar-refractivity contribution in [2.75, 3.05) is 33.4 Å². The van der Waals surface area contributed by atoms with Crippen LogP contribution in [0.25, 0.3) is 10.9 Å². The predicted octanol–water partition coefficient (Wildman–Crippen LogP) is 7.28. The van der Waals surface area contributed by atoms with E-state index in [1.165, 1.54) is 24.1 Å². The Hall–Kier alpha value is -4.11. The first-order chi connectivity index (χ1) is 21.2. The Morgan fingerprint density at radius 3 is 2.23 bits per heavy atom. The number of unbranched alkanes of at least 4 members (excludes halogenated alkanes) is 2. The number of aromatic amines is 1. The molecule has 0 fully saturated rings. The number of aromatic nitrogens is 1. The fourth-order valence-corrected chi connectivity index (χ4v) is 5.20. The number of halogens is 3. The second-order valence-electron chi connectivity index (χ2n) is 11.0. The lowest BCUT2D eigenvalue weighted by Crippen LogP contribution is -2.44. The number of ether oxygens (including phenoxy) is 1. The number of H-pyrrole nitrogens is 1. The third-order valence-corrected chi connectivity index (χ3v) is 7.78. The Labute approximate surface area is 256 Å². The monoisotopic (exact) mass is 607 g/mol. The van der Waals surface area contributed by atoms with E-state index in [1.54, 1.807) is 17.0 Å². The number of fused-ring (bicyclic) bond motifs is 1. The van der Waals surface area contributed by atoms with Gasteiger partial charge in [0.05, 0.1) is 12.2 Å². The van der Waals surface area contributed by atoms with Crippen molar-refractivity contribution in [1.29, 1.82) is 0 Å². The van der Waals surface area contributed by atoms with Gasteiger partial charge in [-0.25, -0.2) is 0 Å². The highest BCUT2D eigenvalue weighted by molar-refractivity contribution is 5.96. The maximum atomic E-state index is 13.8. The van der Waals surface area contributed by atoms with Gasteiger partial charge < -0.3 is 19.5 Å². The number of hydrogen-bond acceptors (Lipinski definition) is 3. The van der Waals surface area contributed by atoms with E-state index in [2.05, 4.69) is 11.9 Å². The van der Waals surface area contributed by atoms with Gasteiger partial charge in [-0.1, -0.05) is 62.2 Å². The Morgan fingerprint density at radius 1 is 0.841 bits per heavy atom.